The van der Waals surface area contributed by atoms with Crippen LogP contribution in [-0.4, -0.2) is 46.1 Å². The fourth-order valence-electron chi connectivity index (χ4n) is 2.14. The van der Waals surface area contributed by atoms with Gasteiger partial charge >= 0.3 is 0 Å². The van der Waals surface area contributed by atoms with Crippen LogP contribution in [0.2, 0.25) is 0 Å². The summed E-state index contributed by atoms with van der Waals surface area (Å²) in [5.74, 6) is 1.46. The van der Waals surface area contributed by atoms with E-state index in [-0.39, 0.29) is 35.9 Å². The van der Waals surface area contributed by atoms with Crippen LogP contribution in [0.15, 0.2) is 29.4 Å². The number of hydrogen-bond donors (Lipinski definition) is 3. The Morgan fingerprint density at radius 3 is 2.84 bits per heavy atom. The topological polar surface area (TPSA) is 95.7 Å². The second-order valence-corrected chi connectivity index (χ2v) is 5.52. The zero-order chi connectivity index (χ0) is 17.4. The molecular weight excluding hydrogens is 433 g/mol. The Hall–Kier alpha value is -1.91. The van der Waals surface area contributed by atoms with Crippen molar-refractivity contribution in [2.45, 2.75) is 39.3 Å². The van der Waals surface area contributed by atoms with Crippen molar-refractivity contribution in [2.75, 3.05) is 13.6 Å². The number of nitrogens with zero attached hydrogens (tertiary/aromatic N) is 4. The van der Waals surface area contributed by atoms with Gasteiger partial charge in [0.15, 0.2) is 17.4 Å². The number of halogens is 1. The third-order valence-electron chi connectivity index (χ3n) is 3.69. The summed E-state index contributed by atoms with van der Waals surface area (Å²) in [6, 6.07) is 5.96. The van der Waals surface area contributed by atoms with Crippen LogP contribution in [0.4, 0.5) is 0 Å². The number of guanidine groups is 1. The Bertz CT molecular complexity index is 701. The molecular formula is C16H26IN7O. The monoisotopic (exact) mass is 459 g/mol. The molecule has 2 aromatic rings. The van der Waals surface area contributed by atoms with Crippen molar-refractivity contribution in [1.29, 1.82) is 0 Å². The van der Waals surface area contributed by atoms with Gasteiger partial charge < -0.3 is 16.0 Å². The SMILES string of the molecule is CCC(C)NC(=O)CCNC(=NC)NCc1nnc2ccccn12.I. The van der Waals surface area contributed by atoms with Crippen LogP contribution < -0.4 is 16.0 Å². The van der Waals surface area contributed by atoms with Gasteiger partial charge in [0.05, 0.1) is 6.54 Å². The molecule has 2 aromatic heterocycles. The molecule has 0 saturated carbocycles. The highest BCUT2D eigenvalue weighted by Crippen LogP contribution is 2.02. The number of aromatic nitrogens is 3. The molecule has 1 amide bonds. The lowest BCUT2D eigenvalue weighted by Crippen LogP contribution is -2.40. The molecule has 0 radical (unpaired) electrons. The molecule has 8 nitrogen and oxygen atoms in total. The van der Waals surface area contributed by atoms with Gasteiger partial charge in [0.25, 0.3) is 0 Å². The summed E-state index contributed by atoms with van der Waals surface area (Å²) in [6.45, 7) is 5.05. The number of carbonyl (C=O) groups is 1. The highest BCUT2D eigenvalue weighted by Gasteiger charge is 2.07. The number of amides is 1. The minimum Gasteiger partial charge on any atom is -0.356 e. The number of nitrogens with one attached hydrogen (secondary N) is 3. The Kier molecular flexibility index (Phi) is 9.17. The standard InChI is InChI=1S/C16H25N7O.HI/c1-4-12(2)20-15(24)8-9-18-16(17-3)19-11-14-22-21-13-7-5-6-10-23(13)14;/h5-7,10,12H,4,8-9,11H2,1-3H3,(H,20,24)(H2,17,18,19);1H. The third kappa shape index (κ3) is 6.48. The normalized spacial score (nSPS) is 12.4. The average Bonchev–Trinajstić information content (AvgIpc) is 3.01. The van der Waals surface area contributed by atoms with Gasteiger partial charge in [-0.15, -0.1) is 34.2 Å². The summed E-state index contributed by atoms with van der Waals surface area (Å²) in [7, 11) is 1.69. The molecule has 0 aliphatic carbocycles. The van der Waals surface area contributed by atoms with Crippen molar-refractivity contribution in [2.24, 2.45) is 4.99 Å². The van der Waals surface area contributed by atoms with E-state index in [2.05, 4.69) is 31.1 Å². The predicted molar refractivity (Wildman–Crippen MR) is 109 cm³/mol. The van der Waals surface area contributed by atoms with Gasteiger partial charge in [-0.25, -0.2) is 0 Å². The highest BCUT2D eigenvalue weighted by atomic mass is 127. The van der Waals surface area contributed by atoms with Gasteiger partial charge in [-0.1, -0.05) is 13.0 Å². The molecule has 0 fully saturated rings. The molecule has 1 unspecified atom stereocenters. The molecule has 1 atom stereocenters. The van der Waals surface area contributed by atoms with Crippen molar-refractivity contribution in [3.63, 3.8) is 0 Å². The van der Waals surface area contributed by atoms with E-state index < -0.39 is 0 Å². The third-order valence-corrected chi connectivity index (χ3v) is 3.69. The molecule has 138 valence electrons. The van der Waals surface area contributed by atoms with E-state index >= 15 is 0 Å². The molecule has 0 bridgehead atoms. The Morgan fingerprint density at radius 2 is 2.12 bits per heavy atom. The van der Waals surface area contributed by atoms with Crippen LogP contribution in [0.3, 0.4) is 0 Å². The second-order valence-electron chi connectivity index (χ2n) is 5.52. The molecule has 0 spiro atoms. The quantitative estimate of drug-likeness (QED) is 0.330. The molecule has 25 heavy (non-hydrogen) atoms. The van der Waals surface area contributed by atoms with Gasteiger partial charge in [0.1, 0.15) is 0 Å². The van der Waals surface area contributed by atoms with E-state index in [0.717, 1.165) is 17.9 Å². The van der Waals surface area contributed by atoms with E-state index in [9.17, 15) is 4.79 Å². The lowest BCUT2D eigenvalue weighted by atomic mass is 10.2. The first-order chi connectivity index (χ1) is 11.6. The molecule has 0 aromatic carbocycles. The summed E-state index contributed by atoms with van der Waals surface area (Å²) < 4.78 is 1.92. The maximum atomic E-state index is 11.7. The van der Waals surface area contributed by atoms with E-state index in [1.807, 2.05) is 42.6 Å². The molecule has 2 rings (SSSR count). The number of rotatable bonds is 7. The summed E-state index contributed by atoms with van der Waals surface area (Å²) in [5, 5.41) is 17.5. The first kappa shape index (κ1) is 21.1. The Balaban J connectivity index is 0.00000312. The zero-order valence-electron chi connectivity index (χ0n) is 14.8. The van der Waals surface area contributed by atoms with Crippen molar-refractivity contribution in [3.05, 3.63) is 30.2 Å². The first-order valence-corrected chi connectivity index (χ1v) is 8.16. The van der Waals surface area contributed by atoms with Crippen LogP contribution in [0, 0.1) is 0 Å². The van der Waals surface area contributed by atoms with E-state index in [1.165, 1.54) is 0 Å². The number of aliphatic imine (C=N–C) groups is 1. The highest BCUT2D eigenvalue weighted by molar-refractivity contribution is 14.0. The summed E-state index contributed by atoms with van der Waals surface area (Å²) >= 11 is 0. The van der Waals surface area contributed by atoms with E-state index in [0.29, 0.717) is 25.5 Å². The maximum Gasteiger partial charge on any atom is 0.221 e. The largest absolute Gasteiger partial charge is 0.356 e. The number of hydrogen-bond acceptors (Lipinski definition) is 4. The Labute approximate surface area is 164 Å². The minimum absolute atomic E-state index is 0. The molecule has 3 N–H and O–H groups in total. The van der Waals surface area contributed by atoms with Gasteiger partial charge in [0.2, 0.25) is 5.91 Å². The molecule has 2 heterocycles. The van der Waals surface area contributed by atoms with Crippen LogP contribution in [0.5, 0.6) is 0 Å². The van der Waals surface area contributed by atoms with E-state index in [1.54, 1.807) is 7.05 Å². The molecule has 9 heteroatoms. The maximum absolute atomic E-state index is 11.7. The van der Waals surface area contributed by atoms with E-state index in [4.69, 9.17) is 0 Å². The van der Waals surface area contributed by atoms with Gasteiger partial charge in [-0.2, -0.15) is 0 Å². The number of fused-ring (bicyclic) bond motifs is 1. The van der Waals surface area contributed by atoms with Gasteiger partial charge in [-0.05, 0) is 25.5 Å². The zero-order valence-corrected chi connectivity index (χ0v) is 17.2. The second kappa shape index (κ2) is 10.9. The average molecular weight is 459 g/mol. The van der Waals surface area contributed by atoms with Crippen molar-refractivity contribution >= 4 is 41.5 Å². The fraction of sp³-hybridized carbons (Fsp3) is 0.500. The summed E-state index contributed by atoms with van der Waals surface area (Å²) in [5.41, 5.74) is 0.805. The number of carbonyl (C=O) groups excluding carboxylic acids is 1. The molecule has 0 aliphatic rings. The Morgan fingerprint density at radius 1 is 1.32 bits per heavy atom. The van der Waals surface area contributed by atoms with Crippen LogP contribution in [0.1, 0.15) is 32.5 Å². The smallest absolute Gasteiger partial charge is 0.221 e. The lowest BCUT2D eigenvalue weighted by molar-refractivity contribution is -0.121. The summed E-state index contributed by atoms with van der Waals surface area (Å²) in [4.78, 5) is 15.9. The van der Waals surface area contributed by atoms with Gasteiger partial charge in [0, 0.05) is 32.3 Å². The fourth-order valence-corrected chi connectivity index (χ4v) is 2.14. The predicted octanol–water partition coefficient (Wildman–Crippen LogP) is 1.32. The molecule has 0 aliphatic heterocycles. The lowest BCUT2D eigenvalue weighted by Gasteiger charge is -2.13. The van der Waals surface area contributed by atoms with Crippen molar-refractivity contribution < 1.29 is 4.79 Å². The van der Waals surface area contributed by atoms with Crippen LogP contribution in [-0.2, 0) is 11.3 Å². The minimum atomic E-state index is 0. The number of pyridine rings is 1. The van der Waals surface area contributed by atoms with Crippen LogP contribution in [0.25, 0.3) is 5.65 Å². The van der Waals surface area contributed by atoms with Crippen molar-refractivity contribution in [1.82, 2.24) is 30.5 Å². The first-order valence-electron chi connectivity index (χ1n) is 8.16. The van der Waals surface area contributed by atoms with Gasteiger partial charge in [-0.3, -0.25) is 14.2 Å². The summed E-state index contributed by atoms with van der Waals surface area (Å²) in [6.07, 6.45) is 3.25. The van der Waals surface area contributed by atoms with Crippen molar-refractivity contribution in [3.8, 4) is 0 Å². The molecule has 0 saturated heterocycles. The van der Waals surface area contributed by atoms with Crippen LogP contribution >= 0.6 is 24.0 Å².